The molecule has 0 bridgehead atoms. The number of para-hydroxylation sites is 2. The van der Waals surface area contributed by atoms with Gasteiger partial charge in [0.15, 0.2) is 0 Å². The molecule has 0 spiro atoms. The fourth-order valence-corrected chi connectivity index (χ4v) is 2.29. The first-order valence-corrected chi connectivity index (χ1v) is 6.44. The second-order valence-electron chi connectivity index (χ2n) is 4.43. The van der Waals surface area contributed by atoms with Gasteiger partial charge in [0.1, 0.15) is 0 Å². The predicted octanol–water partition coefficient (Wildman–Crippen LogP) is 4.79. The number of aryl methyl sites for hydroxylation is 2. The van der Waals surface area contributed by atoms with E-state index in [4.69, 9.17) is 12.2 Å². The predicted molar refractivity (Wildman–Crippen MR) is 82.8 cm³/mol. The van der Waals surface area contributed by atoms with E-state index in [1.54, 1.807) is 0 Å². The lowest BCUT2D eigenvalue weighted by Crippen LogP contribution is -2.22. The third-order valence-electron chi connectivity index (χ3n) is 3.03. The van der Waals surface area contributed by atoms with Gasteiger partial charge in [-0.1, -0.05) is 48.6 Å². The SMILES string of the molecule is CC(=S)N(c1ccccc1C)c1ccccc1C. The van der Waals surface area contributed by atoms with Crippen LogP contribution in [0.5, 0.6) is 0 Å². The minimum absolute atomic E-state index is 0.860. The van der Waals surface area contributed by atoms with Crippen LogP contribution in [0.2, 0.25) is 0 Å². The Labute approximate surface area is 114 Å². The Morgan fingerprint density at radius 3 is 1.56 bits per heavy atom. The lowest BCUT2D eigenvalue weighted by atomic mass is 10.1. The molecule has 0 aliphatic carbocycles. The number of anilines is 2. The minimum Gasteiger partial charge on any atom is -0.304 e. The first-order valence-electron chi connectivity index (χ1n) is 6.03. The van der Waals surface area contributed by atoms with E-state index >= 15 is 0 Å². The molecule has 0 fully saturated rings. The largest absolute Gasteiger partial charge is 0.304 e. The maximum absolute atomic E-state index is 5.43. The lowest BCUT2D eigenvalue weighted by Gasteiger charge is -2.26. The monoisotopic (exact) mass is 255 g/mol. The summed E-state index contributed by atoms with van der Waals surface area (Å²) in [5, 5.41) is 0. The van der Waals surface area contributed by atoms with Gasteiger partial charge in [0, 0.05) is 11.4 Å². The quantitative estimate of drug-likeness (QED) is 0.710. The van der Waals surface area contributed by atoms with Crippen LogP contribution in [0, 0.1) is 13.8 Å². The molecule has 0 saturated heterocycles. The summed E-state index contributed by atoms with van der Waals surface area (Å²) in [6, 6.07) is 16.6. The smallest absolute Gasteiger partial charge is 0.0838 e. The molecule has 1 nitrogen and oxygen atoms in total. The number of hydrogen-bond acceptors (Lipinski definition) is 1. The fraction of sp³-hybridized carbons (Fsp3) is 0.188. The van der Waals surface area contributed by atoms with E-state index in [9.17, 15) is 0 Å². The summed E-state index contributed by atoms with van der Waals surface area (Å²) >= 11 is 5.43. The van der Waals surface area contributed by atoms with Crippen molar-refractivity contribution in [2.24, 2.45) is 0 Å². The summed E-state index contributed by atoms with van der Waals surface area (Å²) < 4.78 is 0. The molecule has 0 radical (unpaired) electrons. The Hall–Kier alpha value is -1.67. The van der Waals surface area contributed by atoms with E-state index < -0.39 is 0 Å². The summed E-state index contributed by atoms with van der Waals surface area (Å²) in [4.78, 5) is 3.00. The fourth-order valence-electron chi connectivity index (χ4n) is 2.10. The van der Waals surface area contributed by atoms with Crippen LogP contribution in [0.25, 0.3) is 0 Å². The van der Waals surface area contributed by atoms with E-state index in [-0.39, 0.29) is 0 Å². The van der Waals surface area contributed by atoms with Crippen LogP contribution in [0.1, 0.15) is 18.1 Å². The molecule has 2 aromatic carbocycles. The van der Waals surface area contributed by atoms with Crippen LogP contribution < -0.4 is 4.90 Å². The van der Waals surface area contributed by atoms with Crippen molar-refractivity contribution in [3.8, 4) is 0 Å². The molecule has 0 aliphatic rings. The highest BCUT2D eigenvalue weighted by Gasteiger charge is 2.14. The normalized spacial score (nSPS) is 10.2. The molecule has 0 unspecified atom stereocenters. The lowest BCUT2D eigenvalue weighted by molar-refractivity contribution is 1.27. The standard InChI is InChI=1S/C16H17NS/c1-12-8-4-6-10-15(12)17(14(3)18)16-11-7-5-9-13(16)2/h4-11H,1-3H3. The van der Waals surface area contributed by atoms with E-state index in [1.165, 1.54) is 11.1 Å². The highest BCUT2D eigenvalue weighted by Crippen LogP contribution is 2.31. The van der Waals surface area contributed by atoms with Gasteiger partial charge in [-0.25, -0.2) is 0 Å². The molecule has 0 aliphatic heterocycles. The van der Waals surface area contributed by atoms with Crippen molar-refractivity contribution in [1.82, 2.24) is 0 Å². The van der Waals surface area contributed by atoms with E-state index in [0.717, 1.165) is 16.4 Å². The number of nitrogens with zero attached hydrogens (tertiary/aromatic N) is 1. The Morgan fingerprint density at radius 2 is 1.22 bits per heavy atom. The van der Waals surface area contributed by atoms with Crippen molar-refractivity contribution in [2.45, 2.75) is 20.8 Å². The third-order valence-corrected chi connectivity index (χ3v) is 3.21. The van der Waals surface area contributed by atoms with Crippen molar-refractivity contribution in [2.75, 3.05) is 4.90 Å². The average molecular weight is 255 g/mol. The highest BCUT2D eigenvalue weighted by atomic mass is 32.1. The average Bonchev–Trinajstić information content (AvgIpc) is 2.34. The molecule has 2 aromatic rings. The summed E-state index contributed by atoms with van der Waals surface area (Å²) in [7, 11) is 0. The summed E-state index contributed by atoms with van der Waals surface area (Å²) in [5.74, 6) is 0. The van der Waals surface area contributed by atoms with Crippen LogP contribution in [0.4, 0.5) is 11.4 Å². The maximum Gasteiger partial charge on any atom is 0.0838 e. The molecular formula is C16H17NS. The van der Waals surface area contributed by atoms with Gasteiger partial charge in [-0.2, -0.15) is 0 Å². The zero-order valence-electron chi connectivity index (χ0n) is 11.0. The van der Waals surface area contributed by atoms with E-state index in [2.05, 4.69) is 43.0 Å². The Kier molecular flexibility index (Phi) is 3.78. The van der Waals surface area contributed by atoms with Crippen molar-refractivity contribution < 1.29 is 0 Å². The Morgan fingerprint density at radius 1 is 0.833 bits per heavy atom. The van der Waals surface area contributed by atoms with Crippen molar-refractivity contribution in [3.05, 3.63) is 59.7 Å². The van der Waals surface area contributed by atoms with E-state index in [1.807, 2.05) is 31.2 Å². The third kappa shape index (κ3) is 2.44. The zero-order valence-corrected chi connectivity index (χ0v) is 11.8. The highest BCUT2D eigenvalue weighted by molar-refractivity contribution is 7.80. The van der Waals surface area contributed by atoms with Crippen LogP contribution in [0.15, 0.2) is 48.5 Å². The molecule has 2 heteroatoms. The molecule has 0 saturated carbocycles. The van der Waals surface area contributed by atoms with Gasteiger partial charge in [-0.05, 0) is 44.0 Å². The van der Waals surface area contributed by atoms with Gasteiger partial charge in [0.05, 0.1) is 4.99 Å². The zero-order chi connectivity index (χ0) is 13.1. The topological polar surface area (TPSA) is 3.24 Å². The number of rotatable bonds is 2. The van der Waals surface area contributed by atoms with Gasteiger partial charge in [-0.15, -0.1) is 0 Å². The number of hydrogen-bond donors (Lipinski definition) is 0. The summed E-state index contributed by atoms with van der Waals surface area (Å²) in [6.45, 7) is 6.19. The van der Waals surface area contributed by atoms with E-state index in [0.29, 0.717) is 0 Å². The van der Waals surface area contributed by atoms with Crippen LogP contribution in [-0.2, 0) is 0 Å². The first kappa shape index (κ1) is 12.8. The van der Waals surface area contributed by atoms with Crippen LogP contribution in [-0.4, -0.2) is 4.99 Å². The van der Waals surface area contributed by atoms with Crippen LogP contribution in [0.3, 0.4) is 0 Å². The first-order chi connectivity index (χ1) is 8.61. The Balaban J connectivity index is 2.58. The number of benzene rings is 2. The van der Waals surface area contributed by atoms with Crippen molar-refractivity contribution in [1.29, 1.82) is 0 Å². The molecule has 2 rings (SSSR count). The van der Waals surface area contributed by atoms with Crippen molar-refractivity contribution >= 4 is 28.6 Å². The van der Waals surface area contributed by atoms with Gasteiger partial charge < -0.3 is 4.90 Å². The van der Waals surface area contributed by atoms with Crippen molar-refractivity contribution in [3.63, 3.8) is 0 Å². The number of thiocarbonyl (C=S) groups is 1. The summed E-state index contributed by atoms with van der Waals surface area (Å²) in [6.07, 6.45) is 0. The molecule has 92 valence electrons. The molecule has 0 atom stereocenters. The Bertz CT molecular complexity index is 529. The minimum atomic E-state index is 0.860. The summed E-state index contributed by atoms with van der Waals surface area (Å²) in [5.41, 5.74) is 4.76. The maximum atomic E-state index is 5.43. The molecular weight excluding hydrogens is 238 g/mol. The van der Waals surface area contributed by atoms with Gasteiger partial charge in [-0.3, -0.25) is 0 Å². The van der Waals surface area contributed by atoms with Gasteiger partial charge in [0.25, 0.3) is 0 Å². The second-order valence-corrected chi connectivity index (χ2v) is 5.02. The second kappa shape index (κ2) is 5.32. The van der Waals surface area contributed by atoms with Gasteiger partial charge in [0.2, 0.25) is 0 Å². The van der Waals surface area contributed by atoms with Crippen LogP contribution >= 0.6 is 12.2 Å². The molecule has 18 heavy (non-hydrogen) atoms. The molecule has 0 N–H and O–H groups in total. The molecule has 0 amide bonds. The molecule has 0 aromatic heterocycles. The molecule has 0 heterocycles. The van der Waals surface area contributed by atoms with Gasteiger partial charge >= 0.3 is 0 Å².